The molecule has 0 heterocycles. The molecule has 0 aliphatic heterocycles. The molecule has 0 atom stereocenters. The molecule has 0 aromatic heterocycles. The maximum Gasteiger partial charge on any atom is 0.255 e. The molecule has 4 nitrogen and oxygen atoms in total. The smallest absolute Gasteiger partial charge is 0.255 e. The molecule has 3 rings (SSSR count). The Labute approximate surface area is 170 Å². The normalized spacial score (nSPS) is 10.6. The first-order valence-corrected chi connectivity index (χ1v) is 9.43. The lowest BCUT2D eigenvalue weighted by atomic mass is 10.2. The molecule has 0 spiro atoms. The molecule has 144 valence electrons. The Balaban J connectivity index is 1.60. The largest absolute Gasteiger partial charge is 0.491 e. The molecule has 0 saturated heterocycles. The number of halogens is 1. The number of carbonyl (C=O) groups is 1. The van der Waals surface area contributed by atoms with E-state index in [-0.39, 0.29) is 12.0 Å². The maximum absolute atomic E-state index is 12.5. The molecule has 3 aromatic rings. The van der Waals surface area contributed by atoms with E-state index in [2.05, 4.69) is 5.32 Å². The summed E-state index contributed by atoms with van der Waals surface area (Å²) in [6.45, 7) is 4.29. The second-order valence-electron chi connectivity index (χ2n) is 6.55. The summed E-state index contributed by atoms with van der Waals surface area (Å²) in [5.74, 6) is 1.19. The number of nitrogens with one attached hydrogen (secondary N) is 1. The predicted octanol–water partition coefficient (Wildman–Crippen LogP) is 5.96. The van der Waals surface area contributed by atoms with Gasteiger partial charge in [0.25, 0.3) is 5.91 Å². The lowest BCUT2D eigenvalue weighted by molar-refractivity contribution is 0.102. The first kappa shape index (κ1) is 19.8. The van der Waals surface area contributed by atoms with E-state index in [9.17, 15) is 4.79 Å². The number of amides is 1. The van der Waals surface area contributed by atoms with Gasteiger partial charge >= 0.3 is 0 Å². The third-order valence-electron chi connectivity index (χ3n) is 3.93. The molecular weight excluding hydrogens is 374 g/mol. The monoisotopic (exact) mass is 395 g/mol. The summed E-state index contributed by atoms with van der Waals surface area (Å²) in [6.07, 6.45) is 0.0734. The van der Waals surface area contributed by atoms with Gasteiger partial charge in [0.1, 0.15) is 18.1 Å². The van der Waals surface area contributed by atoms with E-state index in [0.29, 0.717) is 28.6 Å². The van der Waals surface area contributed by atoms with Gasteiger partial charge in [-0.1, -0.05) is 35.9 Å². The van der Waals surface area contributed by atoms with E-state index in [1.54, 1.807) is 30.3 Å². The lowest BCUT2D eigenvalue weighted by Gasteiger charge is -2.12. The maximum atomic E-state index is 12.5. The van der Waals surface area contributed by atoms with Gasteiger partial charge < -0.3 is 14.8 Å². The van der Waals surface area contributed by atoms with Crippen molar-refractivity contribution in [2.45, 2.75) is 26.6 Å². The van der Waals surface area contributed by atoms with Crippen LogP contribution in [0.15, 0.2) is 72.8 Å². The van der Waals surface area contributed by atoms with Crippen molar-refractivity contribution in [3.8, 4) is 11.5 Å². The van der Waals surface area contributed by atoms with E-state index in [1.165, 1.54) is 0 Å². The zero-order chi connectivity index (χ0) is 19.9. The molecule has 3 aromatic carbocycles. The highest BCUT2D eigenvalue weighted by atomic mass is 35.5. The van der Waals surface area contributed by atoms with Crippen LogP contribution < -0.4 is 14.8 Å². The second kappa shape index (κ2) is 9.29. The third-order valence-corrected chi connectivity index (χ3v) is 4.30. The van der Waals surface area contributed by atoms with Crippen LogP contribution in [0.4, 0.5) is 5.69 Å². The molecule has 0 fully saturated rings. The number of rotatable bonds is 7. The minimum Gasteiger partial charge on any atom is -0.491 e. The van der Waals surface area contributed by atoms with Crippen LogP contribution in [0.5, 0.6) is 11.5 Å². The number of anilines is 1. The van der Waals surface area contributed by atoms with Gasteiger partial charge in [0.15, 0.2) is 0 Å². The summed E-state index contributed by atoms with van der Waals surface area (Å²) in [6, 6.07) is 21.9. The van der Waals surface area contributed by atoms with Crippen LogP contribution in [0.3, 0.4) is 0 Å². The fraction of sp³-hybridized carbons (Fsp3) is 0.174. The van der Waals surface area contributed by atoms with Crippen LogP contribution in [0, 0.1) is 0 Å². The average molecular weight is 396 g/mol. The summed E-state index contributed by atoms with van der Waals surface area (Å²) in [5.41, 5.74) is 2.14. The van der Waals surface area contributed by atoms with Gasteiger partial charge in [-0.15, -0.1) is 0 Å². The van der Waals surface area contributed by atoms with Crippen LogP contribution in [-0.4, -0.2) is 12.0 Å². The second-order valence-corrected chi connectivity index (χ2v) is 6.96. The van der Waals surface area contributed by atoms with Gasteiger partial charge in [-0.05, 0) is 56.3 Å². The van der Waals surface area contributed by atoms with E-state index >= 15 is 0 Å². The highest BCUT2D eigenvalue weighted by Crippen LogP contribution is 2.21. The Bertz CT molecular complexity index is 939. The molecule has 28 heavy (non-hydrogen) atoms. The quantitative estimate of drug-likeness (QED) is 0.537. The average Bonchev–Trinajstić information content (AvgIpc) is 2.67. The van der Waals surface area contributed by atoms with Crippen molar-refractivity contribution in [3.05, 3.63) is 88.9 Å². The van der Waals surface area contributed by atoms with Crippen molar-refractivity contribution in [1.29, 1.82) is 0 Å². The zero-order valence-electron chi connectivity index (χ0n) is 15.8. The molecular formula is C23H22ClNO3. The zero-order valence-corrected chi connectivity index (χ0v) is 16.6. The Hall–Kier alpha value is -2.98. The van der Waals surface area contributed by atoms with Gasteiger partial charge in [-0.25, -0.2) is 0 Å². The number of carbonyl (C=O) groups excluding carboxylic acids is 1. The topological polar surface area (TPSA) is 47.6 Å². The molecule has 0 saturated carbocycles. The van der Waals surface area contributed by atoms with Gasteiger partial charge in [0.2, 0.25) is 0 Å². The minimum atomic E-state index is -0.195. The van der Waals surface area contributed by atoms with Crippen LogP contribution in [0.25, 0.3) is 0 Å². The molecule has 0 aliphatic carbocycles. The Morgan fingerprint density at radius 1 is 0.964 bits per heavy atom. The van der Waals surface area contributed by atoms with E-state index in [1.807, 2.05) is 56.3 Å². The first-order chi connectivity index (χ1) is 13.5. The molecule has 0 bridgehead atoms. The Kier molecular flexibility index (Phi) is 6.56. The summed E-state index contributed by atoms with van der Waals surface area (Å²) < 4.78 is 11.4. The molecule has 0 aliphatic rings. The summed E-state index contributed by atoms with van der Waals surface area (Å²) >= 11 is 6.13. The SMILES string of the molecule is CC(C)Oc1cccc(NC(=O)c2ccc(OCc3ccccc3Cl)cc2)c1. The van der Waals surface area contributed by atoms with Crippen LogP contribution >= 0.6 is 11.6 Å². The minimum absolute atomic E-state index is 0.0734. The predicted molar refractivity (Wildman–Crippen MR) is 112 cm³/mol. The van der Waals surface area contributed by atoms with Crippen molar-refractivity contribution in [2.75, 3.05) is 5.32 Å². The standard InChI is InChI=1S/C23H22ClNO3/c1-16(2)28-21-8-5-7-19(14-21)25-23(26)17-10-12-20(13-11-17)27-15-18-6-3-4-9-22(18)24/h3-14,16H,15H2,1-2H3,(H,25,26). The van der Waals surface area contributed by atoms with E-state index in [4.69, 9.17) is 21.1 Å². The van der Waals surface area contributed by atoms with Crippen molar-refractivity contribution in [1.82, 2.24) is 0 Å². The van der Waals surface area contributed by atoms with Crippen molar-refractivity contribution >= 4 is 23.2 Å². The lowest BCUT2D eigenvalue weighted by Crippen LogP contribution is -2.12. The molecule has 0 radical (unpaired) electrons. The van der Waals surface area contributed by atoms with Gasteiger partial charge in [-0.2, -0.15) is 0 Å². The van der Waals surface area contributed by atoms with Crippen molar-refractivity contribution < 1.29 is 14.3 Å². The van der Waals surface area contributed by atoms with E-state index < -0.39 is 0 Å². The molecule has 1 amide bonds. The Morgan fingerprint density at radius 3 is 2.43 bits per heavy atom. The number of hydrogen-bond acceptors (Lipinski definition) is 3. The van der Waals surface area contributed by atoms with Crippen LogP contribution in [0.1, 0.15) is 29.8 Å². The van der Waals surface area contributed by atoms with Crippen molar-refractivity contribution in [2.24, 2.45) is 0 Å². The third kappa shape index (κ3) is 5.51. The summed E-state index contributed by atoms with van der Waals surface area (Å²) in [7, 11) is 0. The fourth-order valence-electron chi connectivity index (χ4n) is 2.60. The van der Waals surface area contributed by atoms with Crippen LogP contribution in [-0.2, 0) is 6.61 Å². The fourth-order valence-corrected chi connectivity index (χ4v) is 2.79. The number of benzene rings is 3. The van der Waals surface area contributed by atoms with Crippen LogP contribution in [0.2, 0.25) is 5.02 Å². The number of hydrogen-bond donors (Lipinski definition) is 1. The van der Waals surface area contributed by atoms with Gasteiger partial charge in [-0.3, -0.25) is 4.79 Å². The van der Waals surface area contributed by atoms with Crippen molar-refractivity contribution in [3.63, 3.8) is 0 Å². The number of ether oxygens (including phenoxy) is 2. The highest BCUT2D eigenvalue weighted by molar-refractivity contribution is 6.31. The first-order valence-electron chi connectivity index (χ1n) is 9.05. The van der Waals surface area contributed by atoms with E-state index in [0.717, 1.165) is 11.3 Å². The molecule has 0 unspecified atom stereocenters. The van der Waals surface area contributed by atoms with Gasteiger partial charge in [0.05, 0.1) is 6.10 Å². The highest BCUT2D eigenvalue weighted by Gasteiger charge is 2.08. The summed E-state index contributed by atoms with van der Waals surface area (Å²) in [5, 5.41) is 3.55. The molecule has 5 heteroatoms. The Morgan fingerprint density at radius 2 is 1.71 bits per heavy atom. The molecule has 1 N–H and O–H groups in total. The van der Waals surface area contributed by atoms with Gasteiger partial charge in [0, 0.05) is 27.9 Å². The summed E-state index contributed by atoms with van der Waals surface area (Å²) in [4.78, 5) is 12.5.